The third-order valence-electron chi connectivity index (χ3n) is 2.70. The van der Waals surface area contributed by atoms with E-state index in [4.69, 9.17) is 5.73 Å². The zero-order valence-electron chi connectivity index (χ0n) is 11.6. The van der Waals surface area contributed by atoms with Gasteiger partial charge in [0.15, 0.2) is 0 Å². The van der Waals surface area contributed by atoms with Crippen LogP contribution < -0.4 is 5.73 Å². The van der Waals surface area contributed by atoms with E-state index in [1.54, 1.807) is 0 Å². The Bertz CT molecular complexity index is 226. The first kappa shape index (κ1) is 15.4. The summed E-state index contributed by atoms with van der Waals surface area (Å²) in [5.41, 5.74) is 8.61. The van der Waals surface area contributed by atoms with Crippen molar-refractivity contribution in [1.82, 2.24) is 0 Å². The third kappa shape index (κ3) is 7.70. The summed E-state index contributed by atoms with van der Waals surface area (Å²) in [5.74, 6) is 1.35. The van der Waals surface area contributed by atoms with Crippen molar-refractivity contribution in [3.8, 4) is 0 Å². The Morgan fingerprint density at radius 1 is 1.00 bits per heavy atom. The standard InChI is InChI=1S/C15H29N/c1-11(2)9-13(5)7-8-15(16)14(6)10-12(3)4/h11-12,15H,5-10,16H2,1-4H3. The maximum Gasteiger partial charge on any atom is 0.0254 e. The third-order valence-corrected chi connectivity index (χ3v) is 2.70. The first-order valence-corrected chi connectivity index (χ1v) is 6.42. The van der Waals surface area contributed by atoms with E-state index in [0.717, 1.165) is 25.7 Å². The van der Waals surface area contributed by atoms with E-state index < -0.39 is 0 Å². The van der Waals surface area contributed by atoms with Gasteiger partial charge in [-0.2, -0.15) is 0 Å². The fraction of sp³-hybridized carbons (Fsp3) is 0.733. The number of nitrogens with two attached hydrogens (primary N) is 1. The lowest BCUT2D eigenvalue weighted by molar-refractivity contribution is 0.565. The van der Waals surface area contributed by atoms with Gasteiger partial charge in [-0.25, -0.2) is 0 Å². The fourth-order valence-electron chi connectivity index (χ4n) is 1.92. The Morgan fingerprint density at radius 3 is 1.94 bits per heavy atom. The molecule has 0 heterocycles. The number of allylic oxidation sites excluding steroid dienone is 1. The van der Waals surface area contributed by atoms with Crippen molar-refractivity contribution >= 4 is 0 Å². The van der Waals surface area contributed by atoms with Crippen molar-refractivity contribution in [3.63, 3.8) is 0 Å². The summed E-state index contributed by atoms with van der Waals surface area (Å²) in [6.07, 6.45) is 4.19. The average Bonchev–Trinajstić information content (AvgIpc) is 2.11. The minimum absolute atomic E-state index is 0.145. The van der Waals surface area contributed by atoms with Gasteiger partial charge < -0.3 is 5.73 Å². The number of rotatable bonds is 8. The zero-order chi connectivity index (χ0) is 12.7. The van der Waals surface area contributed by atoms with Crippen LogP contribution in [0.5, 0.6) is 0 Å². The highest BCUT2D eigenvalue weighted by molar-refractivity contribution is 5.06. The molecule has 0 aromatic heterocycles. The summed E-state index contributed by atoms with van der Waals surface area (Å²) in [4.78, 5) is 0. The van der Waals surface area contributed by atoms with E-state index in [1.165, 1.54) is 11.1 Å². The highest BCUT2D eigenvalue weighted by Crippen LogP contribution is 2.19. The molecular formula is C15H29N. The monoisotopic (exact) mass is 223 g/mol. The molecule has 0 saturated carbocycles. The molecule has 0 aromatic rings. The molecular weight excluding hydrogens is 194 g/mol. The molecule has 0 bridgehead atoms. The molecule has 1 heteroatoms. The topological polar surface area (TPSA) is 26.0 Å². The summed E-state index contributed by atoms with van der Waals surface area (Å²) in [6, 6.07) is 0.145. The van der Waals surface area contributed by atoms with Gasteiger partial charge in [-0.05, 0) is 37.5 Å². The van der Waals surface area contributed by atoms with Gasteiger partial charge in [-0.3, -0.25) is 0 Å². The Balaban J connectivity index is 3.84. The van der Waals surface area contributed by atoms with Gasteiger partial charge in [0.1, 0.15) is 0 Å². The summed E-state index contributed by atoms with van der Waals surface area (Å²) in [7, 11) is 0. The zero-order valence-corrected chi connectivity index (χ0v) is 11.6. The smallest absolute Gasteiger partial charge is 0.0254 e. The van der Waals surface area contributed by atoms with E-state index in [2.05, 4.69) is 40.9 Å². The quantitative estimate of drug-likeness (QED) is 0.610. The van der Waals surface area contributed by atoms with Crippen molar-refractivity contribution in [2.24, 2.45) is 17.6 Å². The maximum absolute atomic E-state index is 6.10. The van der Waals surface area contributed by atoms with E-state index >= 15 is 0 Å². The lowest BCUT2D eigenvalue weighted by Gasteiger charge is -2.17. The molecule has 0 rings (SSSR count). The van der Waals surface area contributed by atoms with Crippen molar-refractivity contribution in [3.05, 3.63) is 24.3 Å². The van der Waals surface area contributed by atoms with Gasteiger partial charge in [-0.1, -0.05) is 52.0 Å². The number of hydrogen-bond acceptors (Lipinski definition) is 1. The Kier molecular flexibility index (Phi) is 7.40. The van der Waals surface area contributed by atoms with E-state index in [1.807, 2.05) is 0 Å². The van der Waals surface area contributed by atoms with Crippen molar-refractivity contribution < 1.29 is 0 Å². The molecule has 0 aliphatic heterocycles. The molecule has 0 amide bonds. The van der Waals surface area contributed by atoms with E-state index in [-0.39, 0.29) is 6.04 Å². The molecule has 0 radical (unpaired) electrons. The van der Waals surface area contributed by atoms with Gasteiger partial charge in [-0.15, -0.1) is 0 Å². The second kappa shape index (κ2) is 7.67. The molecule has 1 unspecified atom stereocenters. The minimum Gasteiger partial charge on any atom is -0.324 e. The fourth-order valence-corrected chi connectivity index (χ4v) is 1.92. The molecule has 0 aromatic carbocycles. The van der Waals surface area contributed by atoms with E-state index in [0.29, 0.717) is 11.8 Å². The number of hydrogen-bond donors (Lipinski definition) is 1. The van der Waals surface area contributed by atoms with Gasteiger partial charge in [0.05, 0.1) is 0 Å². The van der Waals surface area contributed by atoms with Crippen LogP contribution in [0.3, 0.4) is 0 Å². The molecule has 0 aliphatic rings. The van der Waals surface area contributed by atoms with E-state index in [9.17, 15) is 0 Å². The van der Waals surface area contributed by atoms with Crippen LogP contribution in [0, 0.1) is 11.8 Å². The molecule has 2 N–H and O–H groups in total. The summed E-state index contributed by atoms with van der Waals surface area (Å²) < 4.78 is 0. The lowest BCUT2D eigenvalue weighted by Crippen LogP contribution is -2.23. The molecule has 0 spiro atoms. The average molecular weight is 223 g/mol. The second-order valence-corrected chi connectivity index (χ2v) is 5.75. The molecule has 0 aliphatic carbocycles. The van der Waals surface area contributed by atoms with Gasteiger partial charge in [0.25, 0.3) is 0 Å². The minimum atomic E-state index is 0.145. The maximum atomic E-state index is 6.10. The van der Waals surface area contributed by atoms with Crippen LogP contribution in [0.4, 0.5) is 0 Å². The van der Waals surface area contributed by atoms with Crippen molar-refractivity contribution in [1.29, 1.82) is 0 Å². The van der Waals surface area contributed by atoms with Crippen molar-refractivity contribution in [2.45, 2.75) is 59.4 Å². The van der Waals surface area contributed by atoms with Crippen LogP contribution in [0.15, 0.2) is 24.3 Å². The van der Waals surface area contributed by atoms with Crippen LogP contribution in [0.25, 0.3) is 0 Å². The largest absolute Gasteiger partial charge is 0.324 e. The summed E-state index contributed by atoms with van der Waals surface area (Å²) in [6.45, 7) is 17.0. The highest BCUT2D eigenvalue weighted by atomic mass is 14.6. The van der Waals surface area contributed by atoms with Gasteiger partial charge in [0.2, 0.25) is 0 Å². The Hall–Kier alpha value is -0.560. The summed E-state index contributed by atoms with van der Waals surface area (Å²) in [5, 5.41) is 0. The van der Waals surface area contributed by atoms with Crippen LogP contribution in [0.2, 0.25) is 0 Å². The van der Waals surface area contributed by atoms with Crippen molar-refractivity contribution in [2.75, 3.05) is 0 Å². The first-order chi connectivity index (χ1) is 7.32. The predicted molar refractivity (Wildman–Crippen MR) is 74.4 cm³/mol. The summed E-state index contributed by atoms with van der Waals surface area (Å²) >= 11 is 0. The molecule has 0 fully saturated rings. The Morgan fingerprint density at radius 2 is 1.50 bits per heavy atom. The molecule has 0 saturated heterocycles. The Labute approximate surface area is 102 Å². The predicted octanol–water partition coefficient (Wildman–Crippen LogP) is 4.30. The van der Waals surface area contributed by atoms with Gasteiger partial charge >= 0.3 is 0 Å². The highest BCUT2D eigenvalue weighted by Gasteiger charge is 2.09. The van der Waals surface area contributed by atoms with Crippen LogP contribution in [-0.4, -0.2) is 6.04 Å². The molecule has 1 nitrogen and oxygen atoms in total. The molecule has 94 valence electrons. The van der Waals surface area contributed by atoms with Gasteiger partial charge in [0, 0.05) is 6.04 Å². The normalized spacial score (nSPS) is 13.2. The van der Waals surface area contributed by atoms with Crippen LogP contribution in [0.1, 0.15) is 53.4 Å². The molecule has 16 heavy (non-hydrogen) atoms. The lowest BCUT2D eigenvalue weighted by atomic mass is 9.93. The SMILES string of the molecule is C=C(CCC(N)C(=C)CC(C)C)CC(C)C. The second-order valence-electron chi connectivity index (χ2n) is 5.75. The van der Waals surface area contributed by atoms with Crippen LogP contribution in [-0.2, 0) is 0 Å². The first-order valence-electron chi connectivity index (χ1n) is 6.42. The van der Waals surface area contributed by atoms with Crippen LogP contribution >= 0.6 is 0 Å². The molecule has 1 atom stereocenters.